The molecule has 0 saturated carbocycles. The van der Waals surface area contributed by atoms with Crippen LogP contribution in [-0.2, 0) is 14.8 Å². The summed E-state index contributed by atoms with van der Waals surface area (Å²) in [5.41, 5.74) is 0. The molecule has 0 aliphatic carbocycles. The van der Waals surface area contributed by atoms with Gasteiger partial charge in [0.1, 0.15) is 0 Å². The van der Waals surface area contributed by atoms with E-state index >= 15 is 0 Å². The lowest BCUT2D eigenvalue weighted by atomic mass is 10.1. The number of aliphatic carboxylic acids is 1. The standard InChI is InChI=1S/C7H13NO4S/c1-5-3-6(7(9)10)4-8(5)13(2,11)12/h5-6H,3-4H2,1-2H3,(H,9,10)/t5-,6-/m1/s1. The Balaban J connectivity index is 2.79. The van der Waals surface area contributed by atoms with E-state index in [2.05, 4.69) is 0 Å². The lowest BCUT2D eigenvalue weighted by molar-refractivity contribution is -0.141. The van der Waals surface area contributed by atoms with Crippen molar-refractivity contribution in [2.75, 3.05) is 12.8 Å². The highest BCUT2D eigenvalue weighted by Crippen LogP contribution is 2.25. The average molecular weight is 207 g/mol. The molecule has 13 heavy (non-hydrogen) atoms. The number of sulfonamides is 1. The van der Waals surface area contributed by atoms with Gasteiger partial charge in [-0.1, -0.05) is 0 Å². The van der Waals surface area contributed by atoms with Crippen LogP contribution in [0.25, 0.3) is 0 Å². The van der Waals surface area contributed by atoms with E-state index in [4.69, 9.17) is 5.11 Å². The highest BCUT2D eigenvalue weighted by atomic mass is 32.2. The summed E-state index contributed by atoms with van der Waals surface area (Å²) in [6, 6.07) is -0.198. The molecule has 1 aliphatic rings. The van der Waals surface area contributed by atoms with Gasteiger partial charge in [0.25, 0.3) is 0 Å². The molecule has 0 aromatic rings. The van der Waals surface area contributed by atoms with E-state index < -0.39 is 21.9 Å². The molecule has 1 fully saturated rings. The third-order valence-corrected chi connectivity index (χ3v) is 3.65. The first kappa shape index (κ1) is 10.5. The summed E-state index contributed by atoms with van der Waals surface area (Å²) < 4.78 is 23.5. The third kappa shape index (κ3) is 2.19. The molecule has 0 radical (unpaired) electrons. The Morgan fingerprint density at radius 3 is 2.31 bits per heavy atom. The average Bonchev–Trinajstić information content (AvgIpc) is 2.29. The maximum Gasteiger partial charge on any atom is 0.307 e. The number of rotatable bonds is 2. The van der Waals surface area contributed by atoms with Crippen LogP contribution in [-0.4, -0.2) is 42.6 Å². The second-order valence-corrected chi connectivity index (χ2v) is 5.39. The van der Waals surface area contributed by atoms with Gasteiger partial charge < -0.3 is 5.11 Å². The molecule has 1 aliphatic heterocycles. The normalized spacial score (nSPS) is 30.6. The molecule has 76 valence electrons. The Morgan fingerprint density at radius 1 is 1.54 bits per heavy atom. The zero-order chi connectivity index (χ0) is 10.2. The zero-order valence-electron chi connectivity index (χ0n) is 7.60. The first-order valence-corrected chi connectivity index (χ1v) is 5.87. The van der Waals surface area contributed by atoms with Crippen LogP contribution in [0.3, 0.4) is 0 Å². The Labute approximate surface area is 77.4 Å². The van der Waals surface area contributed by atoms with Gasteiger partial charge in [0, 0.05) is 12.6 Å². The predicted octanol–water partition coefficient (Wildman–Crippen LogP) is -0.259. The minimum Gasteiger partial charge on any atom is -0.481 e. The number of hydrogen-bond acceptors (Lipinski definition) is 3. The van der Waals surface area contributed by atoms with Crippen molar-refractivity contribution in [1.82, 2.24) is 4.31 Å². The monoisotopic (exact) mass is 207 g/mol. The summed E-state index contributed by atoms with van der Waals surface area (Å²) in [4.78, 5) is 10.6. The minimum atomic E-state index is -3.25. The molecule has 2 atom stereocenters. The number of carboxylic acids is 1. The van der Waals surface area contributed by atoms with E-state index in [0.717, 1.165) is 6.26 Å². The molecule has 0 spiro atoms. The summed E-state index contributed by atoms with van der Waals surface area (Å²) in [7, 11) is -3.25. The van der Waals surface area contributed by atoms with E-state index in [1.54, 1.807) is 6.92 Å². The van der Waals surface area contributed by atoms with Gasteiger partial charge >= 0.3 is 5.97 Å². The van der Waals surface area contributed by atoms with Crippen molar-refractivity contribution in [3.8, 4) is 0 Å². The molecule has 1 saturated heterocycles. The van der Waals surface area contributed by atoms with Crippen LogP contribution in [0.4, 0.5) is 0 Å². The fraction of sp³-hybridized carbons (Fsp3) is 0.857. The molecule has 5 nitrogen and oxygen atoms in total. The van der Waals surface area contributed by atoms with Crippen molar-refractivity contribution in [1.29, 1.82) is 0 Å². The fourth-order valence-electron chi connectivity index (χ4n) is 1.64. The Hall–Kier alpha value is -0.620. The first-order valence-electron chi connectivity index (χ1n) is 4.02. The molecular formula is C7H13NO4S. The number of carboxylic acid groups (broad SMARTS) is 1. The van der Waals surface area contributed by atoms with Crippen molar-refractivity contribution in [2.45, 2.75) is 19.4 Å². The van der Waals surface area contributed by atoms with Crippen molar-refractivity contribution < 1.29 is 18.3 Å². The molecule has 0 amide bonds. The van der Waals surface area contributed by atoms with Crippen LogP contribution in [0.5, 0.6) is 0 Å². The van der Waals surface area contributed by atoms with E-state index in [1.165, 1.54) is 4.31 Å². The maximum atomic E-state index is 11.1. The molecule has 1 heterocycles. The third-order valence-electron chi connectivity index (χ3n) is 2.29. The smallest absolute Gasteiger partial charge is 0.307 e. The lowest BCUT2D eigenvalue weighted by Crippen LogP contribution is -2.33. The molecule has 0 bridgehead atoms. The van der Waals surface area contributed by atoms with Gasteiger partial charge in [0.05, 0.1) is 12.2 Å². The van der Waals surface area contributed by atoms with Crippen molar-refractivity contribution in [3.05, 3.63) is 0 Å². The molecule has 0 aromatic carbocycles. The van der Waals surface area contributed by atoms with E-state index in [9.17, 15) is 13.2 Å². The van der Waals surface area contributed by atoms with Gasteiger partial charge in [-0.05, 0) is 13.3 Å². The van der Waals surface area contributed by atoms with E-state index in [-0.39, 0.29) is 12.6 Å². The largest absolute Gasteiger partial charge is 0.481 e. The zero-order valence-corrected chi connectivity index (χ0v) is 8.41. The van der Waals surface area contributed by atoms with Crippen molar-refractivity contribution in [2.24, 2.45) is 5.92 Å². The maximum absolute atomic E-state index is 11.1. The van der Waals surface area contributed by atoms with Crippen molar-refractivity contribution in [3.63, 3.8) is 0 Å². The fourth-order valence-corrected chi connectivity index (χ4v) is 2.83. The molecule has 0 aromatic heterocycles. The topological polar surface area (TPSA) is 74.7 Å². The Bertz CT molecular complexity index is 310. The Morgan fingerprint density at radius 2 is 2.08 bits per heavy atom. The van der Waals surface area contributed by atoms with Crippen LogP contribution in [0.2, 0.25) is 0 Å². The van der Waals surface area contributed by atoms with Gasteiger partial charge in [-0.25, -0.2) is 8.42 Å². The van der Waals surface area contributed by atoms with Gasteiger partial charge in [-0.2, -0.15) is 4.31 Å². The van der Waals surface area contributed by atoms with Crippen LogP contribution in [0, 0.1) is 5.92 Å². The van der Waals surface area contributed by atoms with Gasteiger partial charge in [-0.3, -0.25) is 4.79 Å². The van der Waals surface area contributed by atoms with Gasteiger partial charge in [0.15, 0.2) is 0 Å². The van der Waals surface area contributed by atoms with Crippen LogP contribution in [0.15, 0.2) is 0 Å². The van der Waals surface area contributed by atoms with Gasteiger partial charge in [-0.15, -0.1) is 0 Å². The van der Waals surface area contributed by atoms with Crippen LogP contribution >= 0.6 is 0 Å². The molecule has 1 rings (SSSR count). The highest BCUT2D eigenvalue weighted by molar-refractivity contribution is 7.88. The number of nitrogens with zero attached hydrogens (tertiary/aromatic N) is 1. The summed E-state index contributed by atoms with van der Waals surface area (Å²) in [6.07, 6.45) is 1.51. The molecule has 1 N–H and O–H groups in total. The van der Waals surface area contributed by atoms with Crippen molar-refractivity contribution >= 4 is 16.0 Å². The number of hydrogen-bond donors (Lipinski definition) is 1. The quantitative estimate of drug-likeness (QED) is 0.677. The summed E-state index contributed by atoms with van der Waals surface area (Å²) in [6.45, 7) is 1.83. The first-order chi connectivity index (χ1) is 5.82. The predicted molar refractivity (Wildman–Crippen MR) is 46.8 cm³/mol. The number of carbonyl (C=O) groups is 1. The summed E-state index contributed by atoms with van der Waals surface area (Å²) in [5.74, 6) is -1.47. The SMILES string of the molecule is C[C@@H]1C[C@@H](C(=O)O)CN1S(C)(=O)=O. The molecular weight excluding hydrogens is 194 g/mol. The van der Waals surface area contributed by atoms with Gasteiger partial charge in [0.2, 0.25) is 10.0 Å². The second-order valence-electron chi connectivity index (χ2n) is 3.45. The van der Waals surface area contributed by atoms with Crippen LogP contribution in [0.1, 0.15) is 13.3 Å². The molecule has 0 unspecified atom stereocenters. The van der Waals surface area contributed by atoms with E-state index in [0.29, 0.717) is 6.42 Å². The highest BCUT2D eigenvalue weighted by Gasteiger charge is 2.37. The second kappa shape index (κ2) is 3.26. The minimum absolute atomic E-state index is 0.106. The van der Waals surface area contributed by atoms with E-state index in [1.807, 2.05) is 0 Å². The summed E-state index contributed by atoms with van der Waals surface area (Å²) >= 11 is 0. The lowest BCUT2D eigenvalue weighted by Gasteiger charge is -2.17. The molecule has 6 heteroatoms. The van der Waals surface area contributed by atoms with Crippen LogP contribution < -0.4 is 0 Å². The Kier molecular flexibility index (Phi) is 2.63. The summed E-state index contributed by atoms with van der Waals surface area (Å²) in [5, 5.41) is 8.69.